The van der Waals surface area contributed by atoms with Crippen molar-refractivity contribution in [3.8, 4) is 11.5 Å². The Bertz CT molecular complexity index is 1240. The molecule has 2 heterocycles. The van der Waals surface area contributed by atoms with Crippen LogP contribution in [0.5, 0.6) is 11.5 Å². The summed E-state index contributed by atoms with van der Waals surface area (Å²) >= 11 is 12.2. The monoisotopic (exact) mass is 633 g/mol. The molecule has 42 heavy (non-hydrogen) atoms. The molecular formula is C28H32Cl2F3N3O6. The average molecular weight is 634 g/mol. The number of aliphatic hydroxyl groups is 1. The van der Waals surface area contributed by atoms with Crippen LogP contribution < -0.4 is 19.7 Å². The van der Waals surface area contributed by atoms with E-state index < -0.39 is 37.4 Å². The zero-order valence-corrected chi connectivity index (χ0v) is 24.3. The Morgan fingerprint density at radius 1 is 1.05 bits per heavy atom. The molecule has 2 aliphatic rings. The van der Waals surface area contributed by atoms with Gasteiger partial charge in [-0.3, -0.25) is 9.69 Å². The van der Waals surface area contributed by atoms with Crippen LogP contribution in [0.25, 0.3) is 0 Å². The molecule has 2 aromatic rings. The number of benzene rings is 2. The fourth-order valence-electron chi connectivity index (χ4n) is 5.04. The van der Waals surface area contributed by atoms with Crippen LogP contribution in [-0.4, -0.2) is 85.7 Å². The summed E-state index contributed by atoms with van der Waals surface area (Å²) in [6, 6.07) is 10.6. The van der Waals surface area contributed by atoms with E-state index in [0.717, 1.165) is 32.5 Å². The minimum atomic E-state index is -5.11. The Hall–Kier alpha value is -2.77. The molecule has 0 saturated carbocycles. The molecule has 2 fully saturated rings. The highest BCUT2D eigenvalue weighted by molar-refractivity contribution is 6.32. The lowest BCUT2D eigenvalue weighted by Crippen LogP contribution is -2.49. The summed E-state index contributed by atoms with van der Waals surface area (Å²) < 4.78 is 52.0. The molecule has 2 aliphatic heterocycles. The number of anilines is 1. The van der Waals surface area contributed by atoms with Crippen molar-refractivity contribution in [2.75, 3.05) is 44.3 Å². The van der Waals surface area contributed by atoms with Gasteiger partial charge in [0.05, 0.1) is 22.9 Å². The van der Waals surface area contributed by atoms with Crippen LogP contribution >= 0.6 is 23.2 Å². The van der Waals surface area contributed by atoms with E-state index in [0.29, 0.717) is 17.3 Å². The molecule has 4 rings (SSSR count). The molecule has 2 aromatic carbocycles. The van der Waals surface area contributed by atoms with Crippen molar-refractivity contribution in [1.29, 1.82) is 0 Å². The number of carbonyl (C=O) groups excluding carboxylic acids is 2. The number of hydrogen-bond acceptors (Lipinski definition) is 9. The molecule has 0 aliphatic carbocycles. The van der Waals surface area contributed by atoms with Crippen molar-refractivity contribution < 1.29 is 42.1 Å². The van der Waals surface area contributed by atoms with Crippen LogP contribution in [0.3, 0.4) is 0 Å². The molecular weight excluding hydrogens is 602 g/mol. The zero-order valence-electron chi connectivity index (χ0n) is 22.8. The van der Waals surface area contributed by atoms with Crippen molar-refractivity contribution in [2.24, 2.45) is 0 Å². The van der Waals surface area contributed by atoms with Crippen LogP contribution in [0.4, 0.5) is 18.9 Å². The summed E-state index contributed by atoms with van der Waals surface area (Å²) in [5, 5.41) is 15.2. The van der Waals surface area contributed by atoms with E-state index in [9.17, 15) is 27.9 Å². The highest BCUT2D eigenvalue weighted by atomic mass is 35.5. The van der Waals surface area contributed by atoms with Gasteiger partial charge in [0, 0.05) is 49.8 Å². The van der Waals surface area contributed by atoms with E-state index in [1.165, 1.54) is 24.6 Å². The minimum absolute atomic E-state index is 0.0388. The Balaban J connectivity index is 1.35. The average Bonchev–Trinajstić information content (AvgIpc) is 3.28. The SMILES string of the molecule is CC(=O)Oc1cc(Cl)c(OCCOC(=O)C(F)(F)F)cc1N1CC(O)C(NC2CCN(Cc3ccc(Cl)cc3)CC2)C1. The molecule has 0 radical (unpaired) electrons. The second-order valence-corrected chi connectivity index (χ2v) is 11.1. The Morgan fingerprint density at radius 2 is 1.74 bits per heavy atom. The number of ether oxygens (including phenoxy) is 3. The first-order chi connectivity index (χ1) is 19.9. The summed E-state index contributed by atoms with van der Waals surface area (Å²) in [6.07, 6.45) is -4.00. The van der Waals surface area contributed by atoms with Gasteiger partial charge in [0.25, 0.3) is 0 Å². The topological polar surface area (TPSA) is 101 Å². The van der Waals surface area contributed by atoms with Crippen molar-refractivity contribution in [3.63, 3.8) is 0 Å². The minimum Gasteiger partial charge on any atom is -0.488 e. The first kappa shape index (κ1) is 32.2. The van der Waals surface area contributed by atoms with Gasteiger partial charge in [0.1, 0.15) is 19.0 Å². The quantitative estimate of drug-likeness (QED) is 0.226. The van der Waals surface area contributed by atoms with E-state index >= 15 is 0 Å². The van der Waals surface area contributed by atoms with Crippen molar-refractivity contribution in [1.82, 2.24) is 10.2 Å². The molecule has 230 valence electrons. The number of hydrogen-bond donors (Lipinski definition) is 2. The summed E-state index contributed by atoms with van der Waals surface area (Å²) in [7, 11) is 0. The van der Waals surface area contributed by atoms with E-state index in [4.69, 9.17) is 32.7 Å². The van der Waals surface area contributed by atoms with Gasteiger partial charge in [-0.1, -0.05) is 35.3 Å². The van der Waals surface area contributed by atoms with Gasteiger partial charge in [-0.25, -0.2) is 4.79 Å². The van der Waals surface area contributed by atoms with Crippen molar-refractivity contribution >= 4 is 40.8 Å². The van der Waals surface area contributed by atoms with E-state index in [-0.39, 0.29) is 35.2 Å². The summed E-state index contributed by atoms with van der Waals surface area (Å²) in [5.41, 5.74) is 1.61. The van der Waals surface area contributed by atoms with Gasteiger partial charge in [-0.05, 0) is 43.6 Å². The number of nitrogens with zero attached hydrogens (tertiary/aromatic N) is 2. The van der Waals surface area contributed by atoms with E-state index in [1.54, 1.807) is 0 Å². The zero-order chi connectivity index (χ0) is 30.4. The maximum absolute atomic E-state index is 12.3. The number of piperidine rings is 1. The van der Waals surface area contributed by atoms with Gasteiger partial charge in [0.15, 0.2) is 5.75 Å². The maximum Gasteiger partial charge on any atom is 0.490 e. The number of likely N-dealkylation sites (tertiary alicyclic amines) is 1. The summed E-state index contributed by atoms with van der Waals surface area (Å²) in [4.78, 5) is 26.9. The molecule has 2 saturated heterocycles. The van der Waals surface area contributed by atoms with Gasteiger partial charge < -0.3 is 29.5 Å². The van der Waals surface area contributed by atoms with Crippen molar-refractivity contribution in [2.45, 2.75) is 50.7 Å². The third kappa shape index (κ3) is 8.87. The van der Waals surface area contributed by atoms with Gasteiger partial charge in [-0.2, -0.15) is 13.2 Å². The number of rotatable bonds is 10. The number of alkyl halides is 3. The van der Waals surface area contributed by atoms with Gasteiger partial charge in [0.2, 0.25) is 0 Å². The number of β-amino-alcohol motifs (C(OH)–C–C–N with tert-alkyl or cyclic N) is 1. The predicted molar refractivity (Wildman–Crippen MR) is 150 cm³/mol. The largest absolute Gasteiger partial charge is 0.490 e. The number of aliphatic hydroxyl groups excluding tert-OH is 1. The number of carbonyl (C=O) groups is 2. The first-order valence-corrected chi connectivity index (χ1v) is 14.2. The van der Waals surface area contributed by atoms with E-state index in [1.807, 2.05) is 29.2 Å². The molecule has 0 spiro atoms. The molecule has 2 unspecified atom stereocenters. The Labute approximate surface area is 251 Å². The number of nitrogens with one attached hydrogen (secondary N) is 1. The van der Waals surface area contributed by atoms with Crippen LogP contribution in [0.1, 0.15) is 25.3 Å². The molecule has 0 bridgehead atoms. The van der Waals surface area contributed by atoms with E-state index in [2.05, 4.69) is 15.0 Å². The molecule has 14 heteroatoms. The van der Waals surface area contributed by atoms with Crippen molar-refractivity contribution in [3.05, 3.63) is 52.0 Å². The number of esters is 2. The first-order valence-electron chi connectivity index (χ1n) is 13.4. The third-order valence-electron chi connectivity index (χ3n) is 7.06. The lowest BCUT2D eigenvalue weighted by Gasteiger charge is -2.34. The highest BCUT2D eigenvalue weighted by Crippen LogP contribution is 2.40. The van der Waals surface area contributed by atoms with Crippen LogP contribution in [0.2, 0.25) is 10.0 Å². The lowest BCUT2D eigenvalue weighted by atomic mass is 10.0. The Morgan fingerprint density at radius 3 is 2.38 bits per heavy atom. The maximum atomic E-state index is 12.3. The molecule has 0 amide bonds. The van der Waals surface area contributed by atoms with Gasteiger partial charge >= 0.3 is 18.1 Å². The molecule has 0 aromatic heterocycles. The third-order valence-corrected chi connectivity index (χ3v) is 7.61. The molecule has 2 N–H and O–H groups in total. The fourth-order valence-corrected chi connectivity index (χ4v) is 5.38. The smallest absolute Gasteiger partial charge is 0.488 e. The predicted octanol–water partition coefficient (Wildman–Crippen LogP) is 4.21. The second-order valence-electron chi connectivity index (χ2n) is 10.2. The summed E-state index contributed by atoms with van der Waals surface area (Å²) in [6.45, 7) is 3.46. The number of halogens is 5. The van der Waals surface area contributed by atoms with Crippen LogP contribution in [0, 0.1) is 0 Å². The van der Waals surface area contributed by atoms with Gasteiger partial charge in [-0.15, -0.1) is 0 Å². The summed E-state index contributed by atoms with van der Waals surface area (Å²) in [5.74, 6) is -2.67. The lowest BCUT2D eigenvalue weighted by molar-refractivity contribution is -0.200. The van der Waals surface area contributed by atoms with Crippen LogP contribution in [0.15, 0.2) is 36.4 Å². The Kier molecular flexibility index (Phi) is 10.8. The molecule has 2 atom stereocenters. The standard InChI is InChI=1S/C28H32Cl2F3N3O6/c1-17(37)42-26-12-21(30)25(40-10-11-41-27(39)28(31,32)33)13-23(26)36-15-22(24(38)16-36)34-20-6-8-35(9-7-20)14-18-2-4-19(29)5-3-18/h2-5,12-13,20,22,24,34,38H,6-11,14-16H2,1H3. The fraction of sp³-hybridized carbons (Fsp3) is 0.500. The second kappa shape index (κ2) is 14.1. The normalized spacial score (nSPS) is 20.0. The highest BCUT2D eigenvalue weighted by Gasteiger charge is 2.41. The molecule has 9 nitrogen and oxygen atoms in total. The van der Waals surface area contributed by atoms with Crippen LogP contribution in [-0.2, 0) is 20.9 Å².